The summed E-state index contributed by atoms with van der Waals surface area (Å²) in [6, 6.07) is 6.78. The van der Waals surface area contributed by atoms with Crippen LogP contribution in [0, 0.1) is 0 Å². The van der Waals surface area contributed by atoms with E-state index in [1.807, 2.05) is 19.9 Å². The van der Waals surface area contributed by atoms with E-state index in [2.05, 4.69) is 15.2 Å². The number of rotatable bonds is 6. The lowest BCUT2D eigenvalue weighted by Gasteiger charge is -2.36. The van der Waals surface area contributed by atoms with Crippen molar-refractivity contribution >= 4 is 38.8 Å². The second kappa shape index (κ2) is 8.56. The van der Waals surface area contributed by atoms with Crippen LogP contribution in [0.15, 0.2) is 40.1 Å². The molecule has 3 rings (SSSR count). The Hall–Kier alpha value is -2.01. The van der Waals surface area contributed by atoms with Crippen molar-refractivity contribution in [3.05, 3.63) is 35.8 Å². The topological polar surface area (TPSA) is 91.8 Å². The molecule has 1 aliphatic rings. The highest BCUT2D eigenvalue weighted by Gasteiger charge is 2.25. The lowest BCUT2D eigenvalue weighted by Crippen LogP contribution is -2.45. The van der Waals surface area contributed by atoms with Crippen LogP contribution in [-0.2, 0) is 19.6 Å². The quantitative estimate of drug-likeness (QED) is 0.763. The number of hydrogen-bond donors (Lipinski definition) is 1. The van der Waals surface area contributed by atoms with Crippen LogP contribution in [0.5, 0.6) is 0 Å². The summed E-state index contributed by atoms with van der Waals surface area (Å²) in [5, 5.41) is 4.38. The van der Waals surface area contributed by atoms with E-state index < -0.39 is 15.9 Å². The van der Waals surface area contributed by atoms with Crippen LogP contribution < -0.4 is 10.2 Å². The number of ether oxygens (including phenoxy) is 1. The molecule has 2 aromatic heterocycles. The molecule has 1 aliphatic heterocycles. The number of carbonyl (C=O) groups excluding carboxylic acids is 1. The Bertz CT molecular complexity index is 890. The zero-order valence-corrected chi connectivity index (χ0v) is 17.7. The van der Waals surface area contributed by atoms with Crippen molar-refractivity contribution in [2.24, 2.45) is 0 Å². The van der Waals surface area contributed by atoms with Gasteiger partial charge >= 0.3 is 0 Å². The van der Waals surface area contributed by atoms with Gasteiger partial charge in [0.15, 0.2) is 0 Å². The summed E-state index contributed by atoms with van der Waals surface area (Å²) in [5.41, 5.74) is 0.519. The van der Waals surface area contributed by atoms with Crippen LogP contribution in [0.1, 0.15) is 13.8 Å². The molecule has 1 saturated heterocycles. The number of hydrogen-bond acceptors (Lipinski definition) is 7. The van der Waals surface area contributed by atoms with E-state index in [4.69, 9.17) is 4.74 Å². The molecule has 8 nitrogen and oxygen atoms in total. The number of thiophene rings is 1. The van der Waals surface area contributed by atoms with Crippen LogP contribution in [0.4, 0.5) is 11.5 Å². The summed E-state index contributed by atoms with van der Waals surface area (Å²) in [7, 11) is -2.27. The maximum absolute atomic E-state index is 12.4. The second-order valence-electron chi connectivity index (χ2n) is 6.81. The highest BCUT2D eigenvalue weighted by molar-refractivity contribution is 7.91. The van der Waals surface area contributed by atoms with Crippen LogP contribution in [-0.4, -0.2) is 62.5 Å². The first kappa shape index (κ1) is 20.7. The number of pyridine rings is 1. The van der Waals surface area contributed by atoms with E-state index in [9.17, 15) is 13.2 Å². The zero-order chi connectivity index (χ0) is 20.3. The van der Waals surface area contributed by atoms with Gasteiger partial charge in [-0.1, -0.05) is 6.07 Å². The van der Waals surface area contributed by atoms with Gasteiger partial charge in [-0.15, -0.1) is 11.3 Å². The summed E-state index contributed by atoms with van der Waals surface area (Å²) in [6.45, 7) is 5.29. The molecule has 0 aliphatic carbocycles. The number of nitrogens with one attached hydrogen (secondary N) is 1. The fourth-order valence-electron chi connectivity index (χ4n) is 3.06. The highest BCUT2D eigenvalue weighted by Crippen LogP contribution is 2.21. The van der Waals surface area contributed by atoms with Crippen LogP contribution in [0.3, 0.4) is 0 Å². The molecule has 0 radical (unpaired) electrons. The van der Waals surface area contributed by atoms with E-state index in [0.29, 0.717) is 5.69 Å². The number of amides is 1. The van der Waals surface area contributed by atoms with Crippen molar-refractivity contribution in [2.75, 3.05) is 36.9 Å². The van der Waals surface area contributed by atoms with E-state index in [0.717, 1.165) is 34.5 Å². The summed E-state index contributed by atoms with van der Waals surface area (Å²) < 4.78 is 31.7. The molecule has 0 spiro atoms. The minimum Gasteiger partial charge on any atom is -0.372 e. The van der Waals surface area contributed by atoms with Crippen molar-refractivity contribution in [1.29, 1.82) is 0 Å². The molecule has 1 fully saturated rings. The van der Waals surface area contributed by atoms with E-state index in [-0.39, 0.29) is 23.0 Å². The van der Waals surface area contributed by atoms with Crippen LogP contribution >= 0.6 is 11.3 Å². The third-order valence-electron chi connectivity index (χ3n) is 4.30. The second-order valence-corrected chi connectivity index (χ2v) is 10.0. The smallest absolute Gasteiger partial charge is 0.252 e. The van der Waals surface area contributed by atoms with Crippen LogP contribution in [0.2, 0.25) is 0 Å². The number of sulfonamides is 1. The number of anilines is 2. The van der Waals surface area contributed by atoms with Gasteiger partial charge in [0.25, 0.3) is 10.0 Å². The summed E-state index contributed by atoms with van der Waals surface area (Å²) in [4.78, 5) is 18.8. The lowest BCUT2D eigenvalue weighted by atomic mass is 10.2. The van der Waals surface area contributed by atoms with Gasteiger partial charge in [0.05, 0.1) is 30.6 Å². The lowest BCUT2D eigenvalue weighted by molar-refractivity contribution is -0.116. The third kappa shape index (κ3) is 4.88. The Kier molecular flexibility index (Phi) is 6.33. The molecule has 2 atom stereocenters. The van der Waals surface area contributed by atoms with Crippen molar-refractivity contribution in [1.82, 2.24) is 9.29 Å². The molecule has 28 heavy (non-hydrogen) atoms. The molecule has 2 unspecified atom stereocenters. The summed E-state index contributed by atoms with van der Waals surface area (Å²) in [6.07, 6.45) is 1.84. The molecular weight excluding hydrogens is 400 g/mol. The Morgan fingerprint density at radius 1 is 1.32 bits per heavy atom. The first-order valence-corrected chi connectivity index (χ1v) is 11.2. The molecule has 1 amide bonds. The van der Waals surface area contributed by atoms with Crippen molar-refractivity contribution in [3.63, 3.8) is 0 Å². The minimum atomic E-state index is -3.66. The molecule has 10 heteroatoms. The van der Waals surface area contributed by atoms with E-state index >= 15 is 0 Å². The summed E-state index contributed by atoms with van der Waals surface area (Å²) >= 11 is 1.12. The molecular formula is C18H24N4O4S2. The molecule has 1 N–H and O–H groups in total. The van der Waals surface area contributed by atoms with Gasteiger partial charge in [-0.25, -0.2) is 13.4 Å². The van der Waals surface area contributed by atoms with E-state index in [1.165, 1.54) is 13.1 Å². The molecule has 0 bridgehead atoms. The van der Waals surface area contributed by atoms with Crippen molar-refractivity contribution < 1.29 is 17.9 Å². The number of aromatic nitrogens is 1. The highest BCUT2D eigenvalue weighted by atomic mass is 32.2. The average Bonchev–Trinajstić information content (AvgIpc) is 3.17. The predicted molar refractivity (Wildman–Crippen MR) is 109 cm³/mol. The third-order valence-corrected chi connectivity index (χ3v) is 7.48. The Morgan fingerprint density at radius 3 is 2.61 bits per heavy atom. The molecule has 3 heterocycles. The fraction of sp³-hybridized carbons (Fsp3) is 0.444. The SMILES string of the molecule is CC1CN(c2ccc(NC(=O)CN(C)S(=O)(=O)c3cccs3)cn2)CC(C)O1. The zero-order valence-electron chi connectivity index (χ0n) is 16.0. The first-order chi connectivity index (χ1) is 13.3. The minimum absolute atomic E-state index is 0.130. The van der Waals surface area contributed by atoms with Gasteiger partial charge in [0.1, 0.15) is 10.0 Å². The monoisotopic (exact) mass is 424 g/mol. The standard InChI is InChI=1S/C18H24N4O4S2/c1-13-10-22(11-14(2)26-13)16-7-6-15(9-19-16)20-17(23)12-21(3)28(24,25)18-5-4-8-27-18/h4-9,13-14H,10-12H2,1-3H3,(H,20,23). The largest absolute Gasteiger partial charge is 0.372 e. The van der Waals surface area contributed by atoms with Crippen molar-refractivity contribution in [3.8, 4) is 0 Å². The van der Waals surface area contributed by atoms with Gasteiger partial charge in [0.2, 0.25) is 5.91 Å². The number of nitrogens with zero attached hydrogens (tertiary/aromatic N) is 3. The van der Waals surface area contributed by atoms with Crippen LogP contribution in [0.25, 0.3) is 0 Å². The number of carbonyl (C=O) groups is 1. The van der Waals surface area contributed by atoms with Gasteiger partial charge in [-0.3, -0.25) is 4.79 Å². The maximum atomic E-state index is 12.4. The van der Waals surface area contributed by atoms with E-state index in [1.54, 1.807) is 23.7 Å². The number of likely N-dealkylation sites (N-methyl/N-ethyl adjacent to an activating group) is 1. The average molecular weight is 425 g/mol. The Labute approximate surface area is 169 Å². The maximum Gasteiger partial charge on any atom is 0.252 e. The molecule has 152 valence electrons. The van der Waals surface area contributed by atoms with Crippen molar-refractivity contribution in [2.45, 2.75) is 30.3 Å². The molecule has 0 aromatic carbocycles. The van der Waals surface area contributed by atoms with Gasteiger partial charge in [0, 0.05) is 20.1 Å². The van der Waals surface area contributed by atoms with Gasteiger partial charge < -0.3 is 15.0 Å². The Balaban J connectivity index is 1.59. The molecule has 0 saturated carbocycles. The number of morpholine rings is 1. The Morgan fingerprint density at radius 2 is 2.04 bits per heavy atom. The predicted octanol–water partition coefficient (Wildman–Crippen LogP) is 2.02. The fourth-order valence-corrected chi connectivity index (χ4v) is 5.39. The normalized spacial score (nSPS) is 20.4. The van der Waals surface area contributed by atoms with Gasteiger partial charge in [-0.05, 0) is 37.4 Å². The summed E-state index contributed by atoms with van der Waals surface area (Å²) in [5.74, 6) is 0.392. The first-order valence-electron chi connectivity index (χ1n) is 8.92. The van der Waals surface area contributed by atoms with Gasteiger partial charge in [-0.2, -0.15) is 4.31 Å². The molecule has 2 aromatic rings.